The van der Waals surface area contributed by atoms with Gasteiger partial charge in [-0.25, -0.2) is 4.79 Å². The van der Waals surface area contributed by atoms with Gasteiger partial charge in [0.1, 0.15) is 5.75 Å². The minimum Gasteiger partial charge on any atom is -0.410 e. The van der Waals surface area contributed by atoms with Gasteiger partial charge in [0.2, 0.25) is 0 Å². The Hall–Kier alpha value is -2.36. The second-order valence-electron chi connectivity index (χ2n) is 7.22. The van der Waals surface area contributed by atoms with E-state index in [1.165, 1.54) is 24.8 Å². The first-order valence-electron chi connectivity index (χ1n) is 9.63. The molecule has 26 heavy (non-hydrogen) atoms. The number of piperidine rings is 1. The van der Waals surface area contributed by atoms with Crippen LogP contribution in [0.5, 0.6) is 5.75 Å². The van der Waals surface area contributed by atoms with Gasteiger partial charge in [-0.3, -0.25) is 4.98 Å². The molecule has 2 aromatic rings. The van der Waals surface area contributed by atoms with Gasteiger partial charge in [0.15, 0.2) is 0 Å². The number of aromatic nitrogens is 1. The summed E-state index contributed by atoms with van der Waals surface area (Å²) in [5.74, 6) is 1.36. The number of pyridine rings is 1. The van der Waals surface area contributed by atoms with E-state index in [0.29, 0.717) is 5.75 Å². The lowest BCUT2D eigenvalue weighted by Crippen LogP contribution is -2.40. The van der Waals surface area contributed by atoms with E-state index in [0.717, 1.165) is 43.8 Å². The van der Waals surface area contributed by atoms with Crippen LogP contribution in [0.2, 0.25) is 0 Å². The molecule has 0 atom stereocenters. The molecule has 2 heterocycles. The van der Waals surface area contributed by atoms with Gasteiger partial charge in [-0.2, -0.15) is 0 Å². The number of hydrogen-bond donors (Lipinski definition) is 0. The zero-order valence-corrected chi connectivity index (χ0v) is 15.6. The highest BCUT2D eigenvalue weighted by atomic mass is 16.6. The van der Waals surface area contributed by atoms with E-state index >= 15 is 0 Å². The van der Waals surface area contributed by atoms with Crippen molar-refractivity contribution in [3.63, 3.8) is 0 Å². The summed E-state index contributed by atoms with van der Waals surface area (Å²) in [7, 11) is 0. The van der Waals surface area contributed by atoms with Crippen LogP contribution in [0.3, 0.4) is 0 Å². The summed E-state index contributed by atoms with van der Waals surface area (Å²) in [6.45, 7) is 3.61. The lowest BCUT2D eigenvalue weighted by atomic mass is 9.91. The zero-order valence-electron chi connectivity index (χ0n) is 15.6. The van der Waals surface area contributed by atoms with E-state index in [1.54, 1.807) is 0 Å². The Morgan fingerprint density at radius 3 is 2.65 bits per heavy atom. The number of carbonyl (C=O) groups is 1. The standard InChI is InChI=1S/C22H28N2O2/c1-18-5-4-8-21(17-18)26-22(25)24-15-11-20(12-16-24)7-3-2-6-19-9-13-23-14-10-19/h4-5,8-10,13-14,17,20H,2-3,6-7,11-12,15-16H2,1H3. The van der Waals surface area contributed by atoms with Crippen LogP contribution in [0.15, 0.2) is 48.8 Å². The first-order valence-corrected chi connectivity index (χ1v) is 9.63. The van der Waals surface area contributed by atoms with Crippen molar-refractivity contribution >= 4 is 6.09 Å². The molecule has 0 aliphatic carbocycles. The van der Waals surface area contributed by atoms with Crippen molar-refractivity contribution in [3.05, 3.63) is 59.9 Å². The number of rotatable bonds is 6. The molecule has 0 unspecified atom stereocenters. The Morgan fingerprint density at radius 1 is 1.15 bits per heavy atom. The first kappa shape index (κ1) is 18.4. The largest absolute Gasteiger partial charge is 0.415 e. The highest BCUT2D eigenvalue weighted by molar-refractivity contribution is 5.70. The molecule has 1 fully saturated rings. The number of amides is 1. The maximum absolute atomic E-state index is 12.3. The quantitative estimate of drug-likeness (QED) is 0.686. The fraction of sp³-hybridized carbons (Fsp3) is 0.455. The van der Waals surface area contributed by atoms with Crippen LogP contribution in [-0.4, -0.2) is 29.1 Å². The zero-order chi connectivity index (χ0) is 18.2. The molecular weight excluding hydrogens is 324 g/mol. The van der Waals surface area contributed by atoms with Crippen LogP contribution in [0.1, 0.15) is 43.2 Å². The van der Waals surface area contributed by atoms with Gasteiger partial charge in [-0.05, 0) is 73.9 Å². The van der Waals surface area contributed by atoms with Crippen LogP contribution in [0.4, 0.5) is 4.79 Å². The van der Waals surface area contributed by atoms with Crippen LogP contribution >= 0.6 is 0 Å². The number of aryl methyl sites for hydroxylation is 2. The summed E-state index contributed by atoms with van der Waals surface area (Å²) in [6.07, 6.45) is 10.5. The molecule has 0 N–H and O–H groups in total. The molecule has 1 aliphatic rings. The molecule has 0 bridgehead atoms. The third kappa shape index (κ3) is 5.58. The Bertz CT molecular complexity index is 694. The van der Waals surface area contributed by atoms with Crippen LogP contribution in [0, 0.1) is 12.8 Å². The number of ether oxygens (including phenoxy) is 1. The van der Waals surface area contributed by atoms with Gasteiger partial charge in [0.25, 0.3) is 0 Å². The van der Waals surface area contributed by atoms with Gasteiger partial charge in [0, 0.05) is 25.5 Å². The molecular formula is C22H28N2O2. The average molecular weight is 352 g/mol. The fourth-order valence-corrected chi connectivity index (χ4v) is 3.56. The molecule has 1 aliphatic heterocycles. The van der Waals surface area contributed by atoms with Gasteiger partial charge >= 0.3 is 6.09 Å². The molecule has 0 radical (unpaired) electrons. The fourth-order valence-electron chi connectivity index (χ4n) is 3.56. The van der Waals surface area contributed by atoms with Gasteiger partial charge < -0.3 is 9.64 Å². The van der Waals surface area contributed by atoms with E-state index in [-0.39, 0.29) is 6.09 Å². The average Bonchev–Trinajstić information content (AvgIpc) is 2.66. The monoisotopic (exact) mass is 352 g/mol. The highest BCUT2D eigenvalue weighted by Crippen LogP contribution is 2.24. The Kier molecular flexibility index (Phi) is 6.64. The van der Waals surface area contributed by atoms with Crippen molar-refractivity contribution in [1.82, 2.24) is 9.88 Å². The predicted molar refractivity (Wildman–Crippen MR) is 103 cm³/mol. The second kappa shape index (κ2) is 9.37. The topological polar surface area (TPSA) is 42.4 Å². The molecule has 1 saturated heterocycles. The van der Waals surface area contributed by atoms with Gasteiger partial charge in [0.05, 0.1) is 0 Å². The van der Waals surface area contributed by atoms with E-state index < -0.39 is 0 Å². The molecule has 0 saturated carbocycles. The summed E-state index contributed by atoms with van der Waals surface area (Å²) < 4.78 is 5.50. The molecule has 0 spiro atoms. The first-order chi connectivity index (χ1) is 12.7. The number of nitrogens with zero attached hydrogens (tertiary/aromatic N) is 2. The Balaban J connectivity index is 1.34. The van der Waals surface area contributed by atoms with Crippen molar-refractivity contribution in [3.8, 4) is 5.75 Å². The number of benzene rings is 1. The summed E-state index contributed by atoms with van der Waals surface area (Å²) in [6, 6.07) is 11.8. The van der Waals surface area contributed by atoms with Gasteiger partial charge in [-0.15, -0.1) is 0 Å². The second-order valence-corrected chi connectivity index (χ2v) is 7.22. The van der Waals surface area contributed by atoms with Crippen molar-refractivity contribution in [2.75, 3.05) is 13.1 Å². The van der Waals surface area contributed by atoms with Crippen molar-refractivity contribution in [1.29, 1.82) is 0 Å². The molecule has 4 heteroatoms. The lowest BCUT2D eigenvalue weighted by Gasteiger charge is -2.31. The smallest absolute Gasteiger partial charge is 0.410 e. The number of likely N-dealkylation sites (tertiary alicyclic amines) is 1. The molecule has 138 valence electrons. The third-order valence-corrected chi connectivity index (χ3v) is 5.14. The summed E-state index contributed by atoms with van der Waals surface area (Å²) in [5.41, 5.74) is 2.47. The number of carbonyl (C=O) groups excluding carboxylic acids is 1. The molecule has 3 rings (SSSR count). The van der Waals surface area contributed by atoms with Crippen LogP contribution < -0.4 is 4.74 Å². The number of hydrogen-bond acceptors (Lipinski definition) is 3. The van der Waals surface area contributed by atoms with Gasteiger partial charge in [-0.1, -0.05) is 25.0 Å². The molecule has 1 amide bonds. The summed E-state index contributed by atoms with van der Waals surface area (Å²) in [4.78, 5) is 18.2. The predicted octanol–water partition coefficient (Wildman–Crippen LogP) is 5.01. The Labute approximate surface area is 156 Å². The van der Waals surface area contributed by atoms with E-state index in [1.807, 2.05) is 48.5 Å². The molecule has 1 aromatic carbocycles. The highest BCUT2D eigenvalue weighted by Gasteiger charge is 2.23. The van der Waals surface area contributed by atoms with Crippen molar-refractivity contribution in [2.24, 2.45) is 5.92 Å². The normalized spacial score (nSPS) is 15.0. The van der Waals surface area contributed by atoms with Crippen molar-refractivity contribution in [2.45, 2.75) is 45.4 Å². The van der Waals surface area contributed by atoms with E-state index in [4.69, 9.17) is 4.74 Å². The van der Waals surface area contributed by atoms with Crippen molar-refractivity contribution < 1.29 is 9.53 Å². The third-order valence-electron chi connectivity index (χ3n) is 5.14. The summed E-state index contributed by atoms with van der Waals surface area (Å²) in [5, 5.41) is 0. The maximum atomic E-state index is 12.3. The minimum absolute atomic E-state index is 0.216. The minimum atomic E-state index is -0.216. The van der Waals surface area contributed by atoms with Crippen LogP contribution in [-0.2, 0) is 6.42 Å². The molecule has 4 nitrogen and oxygen atoms in total. The van der Waals surface area contributed by atoms with E-state index in [9.17, 15) is 4.79 Å². The number of unbranched alkanes of at least 4 members (excludes halogenated alkanes) is 1. The maximum Gasteiger partial charge on any atom is 0.415 e. The van der Waals surface area contributed by atoms with E-state index in [2.05, 4.69) is 17.1 Å². The van der Waals surface area contributed by atoms with Crippen LogP contribution in [0.25, 0.3) is 0 Å². The Morgan fingerprint density at radius 2 is 1.92 bits per heavy atom. The molecule has 1 aromatic heterocycles. The lowest BCUT2D eigenvalue weighted by molar-refractivity contribution is 0.129. The summed E-state index contributed by atoms with van der Waals surface area (Å²) >= 11 is 0. The SMILES string of the molecule is Cc1cccc(OC(=O)N2CCC(CCCCc3ccncc3)CC2)c1.